The van der Waals surface area contributed by atoms with Crippen LogP contribution in [0.4, 0.5) is 9.93 Å². The van der Waals surface area contributed by atoms with Crippen molar-refractivity contribution < 1.29 is 14.3 Å². The van der Waals surface area contributed by atoms with E-state index in [1.165, 1.54) is 61.6 Å². The third-order valence-corrected chi connectivity index (χ3v) is 7.59. The van der Waals surface area contributed by atoms with Crippen molar-refractivity contribution in [2.75, 3.05) is 17.7 Å². The first-order chi connectivity index (χ1) is 13.7. The van der Waals surface area contributed by atoms with Crippen LogP contribution in [0, 0.1) is 0 Å². The fourth-order valence-corrected chi connectivity index (χ4v) is 5.88. The molecule has 2 saturated carbocycles. The minimum absolute atomic E-state index is 0.00454. The van der Waals surface area contributed by atoms with Gasteiger partial charge >= 0.3 is 12.0 Å². The Labute approximate surface area is 175 Å². The third kappa shape index (κ3) is 6.11. The molecule has 1 heterocycles. The van der Waals surface area contributed by atoms with E-state index in [2.05, 4.69) is 15.2 Å². The topological polar surface area (TPSA) is 71.5 Å². The molecular weight excluding hydrogens is 394 g/mol. The Balaban J connectivity index is 1.60. The molecule has 6 nitrogen and oxygen atoms in total. The van der Waals surface area contributed by atoms with Crippen molar-refractivity contribution in [1.29, 1.82) is 0 Å². The van der Waals surface area contributed by atoms with Crippen molar-refractivity contribution in [2.24, 2.45) is 0 Å². The summed E-state index contributed by atoms with van der Waals surface area (Å²) >= 11 is 2.81. The molecule has 0 unspecified atom stereocenters. The van der Waals surface area contributed by atoms with Crippen LogP contribution >= 0.6 is 23.1 Å². The Morgan fingerprint density at radius 3 is 2.36 bits per heavy atom. The SMILES string of the molecule is CCOC(=O)CSc1cnc(NC(=O)N(C2CCCCCC2)C2CCCC2)s1. The van der Waals surface area contributed by atoms with E-state index < -0.39 is 0 Å². The van der Waals surface area contributed by atoms with Crippen LogP contribution in [0.3, 0.4) is 0 Å². The smallest absolute Gasteiger partial charge is 0.324 e. The number of carbonyl (C=O) groups is 2. The molecule has 0 radical (unpaired) electrons. The van der Waals surface area contributed by atoms with Gasteiger partial charge in [-0.15, -0.1) is 11.8 Å². The van der Waals surface area contributed by atoms with Gasteiger partial charge in [0.15, 0.2) is 5.13 Å². The molecule has 2 amide bonds. The normalized spacial score (nSPS) is 18.6. The molecule has 0 saturated heterocycles. The lowest BCUT2D eigenvalue weighted by molar-refractivity contribution is -0.139. The zero-order valence-corrected chi connectivity index (χ0v) is 18.3. The summed E-state index contributed by atoms with van der Waals surface area (Å²) in [5.74, 6) is 0.0342. The zero-order valence-electron chi connectivity index (χ0n) is 16.7. The van der Waals surface area contributed by atoms with Gasteiger partial charge in [-0.25, -0.2) is 9.78 Å². The lowest BCUT2D eigenvalue weighted by Crippen LogP contribution is -2.48. The highest BCUT2D eigenvalue weighted by atomic mass is 32.2. The molecule has 2 aliphatic rings. The summed E-state index contributed by atoms with van der Waals surface area (Å²) < 4.78 is 5.86. The van der Waals surface area contributed by atoms with Crippen molar-refractivity contribution in [2.45, 2.75) is 87.4 Å². The van der Waals surface area contributed by atoms with E-state index in [4.69, 9.17) is 4.74 Å². The number of carbonyl (C=O) groups excluding carboxylic acids is 2. The van der Waals surface area contributed by atoms with Crippen molar-refractivity contribution in [3.05, 3.63) is 6.20 Å². The molecular formula is C20H31N3O3S2. The van der Waals surface area contributed by atoms with Crippen LogP contribution in [0.5, 0.6) is 0 Å². The molecule has 1 N–H and O–H groups in total. The molecule has 0 atom stereocenters. The van der Waals surface area contributed by atoms with Gasteiger partial charge in [0, 0.05) is 12.1 Å². The molecule has 0 aromatic carbocycles. The first-order valence-electron chi connectivity index (χ1n) is 10.5. The summed E-state index contributed by atoms with van der Waals surface area (Å²) in [6.45, 7) is 2.19. The Morgan fingerprint density at radius 1 is 1.14 bits per heavy atom. The van der Waals surface area contributed by atoms with Crippen molar-refractivity contribution in [3.63, 3.8) is 0 Å². The van der Waals surface area contributed by atoms with E-state index in [9.17, 15) is 9.59 Å². The van der Waals surface area contributed by atoms with Crippen LogP contribution < -0.4 is 5.32 Å². The van der Waals surface area contributed by atoms with E-state index >= 15 is 0 Å². The first-order valence-corrected chi connectivity index (χ1v) is 12.3. The summed E-state index contributed by atoms with van der Waals surface area (Å²) in [7, 11) is 0. The van der Waals surface area contributed by atoms with Crippen LogP contribution in [0.1, 0.15) is 71.1 Å². The number of ether oxygens (including phenoxy) is 1. The molecule has 2 fully saturated rings. The molecule has 156 valence electrons. The summed E-state index contributed by atoms with van der Waals surface area (Å²) in [5.41, 5.74) is 0. The second-order valence-corrected chi connectivity index (χ2v) is 9.81. The third-order valence-electron chi connectivity index (χ3n) is 5.51. The first kappa shape index (κ1) is 21.4. The summed E-state index contributed by atoms with van der Waals surface area (Å²) in [6, 6.07) is 0.707. The van der Waals surface area contributed by atoms with E-state index in [1.54, 1.807) is 13.1 Å². The minimum Gasteiger partial charge on any atom is -0.465 e. The second-order valence-electron chi connectivity index (χ2n) is 7.50. The summed E-state index contributed by atoms with van der Waals surface area (Å²) in [5, 5.41) is 3.64. The fourth-order valence-electron chi connectivity index (χ4n) is 4.22. The number of anilines is 1. The zero-order chi connectivity index (χ0) is 19.8. The molecule has 0 spiro atoms. The highest BCUT2D eigenvalue weighted by Crippen LogP contribution is 2.32. The number of urea groups is 1. The van der Waals surface area contributed by atoms with E-state index in [-0.39, 0.29) is 17.8 Å². The van der Waals surface area contributed by atoms with Gasteiger partial charge in [-0.3, -0.25) is 10.1 Å². The number of thioether (sulfide) groups is 1. The standard InChI is InChI=1S/C20H31N3O3S2/c1-2-26-17(24)14-27-18-13-21-19(28-18)22-20(25)23(16-11-7-8-12-16)15-9-5-3-4-6-10-15/h13,15-16H,2-12,14H2,1H3,(H,21,22,25). The lowest BCUT2D eigenvalue weighted by Gasteiger charge is -2.36. The molecule has 0 aliphatic heterocycles. The number of hydrogen-bond donors (Lipinski definition) is 1. The quantitative estimate of drug-likeness (QED) is 0.365. The molecule has 28 heavy (non-hydrogen) atoms. The Morgan fingerprint density at radius 2 is 1.75 bits per heavy atom. The maximum atomic E-state index is 13.2. The van der Waals surface area contributed by atoms with E-state index in [0.717, 1.165) is 29.9 Å². The van der Waals surface area contributed by atoms with Gasteiger partial charge in [-0.1, -0.05) is 49.9 Å². The second kappa shape index (κ2) is 11.0. The van der Waals surface area contributed by atoms with Crippen LogP contribution in [0.15, 0.2) is 10.4 Å². The van der Waals surface area contributed by atoms with Gasteiger partial charge < -0.3 is 9.64 Å². The summed E-state index contributed by atoms with van der Waals surface area (Å²) in [4.78, 5) is 31.2. The Kier molecular flexibility index (Phi) is 8.45. The number of nitrogens with one attached hydrogen (secondary N) is 1. The summed E-state index contributed by atoms with van der Waals surface area (Å²) in [6.07, 6.45) is 13.6. The van der Waals surface area contributed by atoms with Gasteiger partial charge in [0.05, 0.1) is 22.8 Å². The van der Waals surface area contributed by atoms with Crippen LogP contribution in [0.25, 0.3) is 0 Å². The van der Waals surface area contributed by atoms with Gasteiger partial charge in [0.1, 0.15) is 0 Å². The van der Waals surface area contributed by atoms with Crippen molar-refractivity contribution in [3.8, 4) is 0 Å². The predicted octanol–water partition coefficient (Wildman–Crippen LogP) is 5.30. The highest BCUT2D eigenvalue weighted by molar-refractivity contribution is 8.01. The van der Waals surface area contributed by atoms with Gasteiger partial charge in [-0.05, 0) is 32.6 Å². The monoisotopic (exact) mass is 425 g/mol. The number of rotatable bonds is 7. The molecule has 3 rings (SSSR count). The van der Waals surface area contributed by atoms with Crippen LogP contribution in [-0.2, 0) is 9.53 Å². The van der Waals surface area contributed by atoms with E-state index in [1.807, 2.05) is 0 Å². The average molecular weight is 426 g/mol. The fraction of sp³-hybridized carbons (Fsp3) is 0.750. The Hall–Kier alpha value is -1.28. The van der Waals surface area contributed by atoms with E-state index in [0.29, 0.717) is 23.8 Å². The van der Waals surface area contributed by atoms with Gasteiger partial charge in [0.2, 0.25) is 0 Å². The minimum atomic E-state index is -0.229. The van der Waals surface area contributed by atoms with Gasteiger partial charge in [0.25, 0.3) is 0 Å². The number of nitrogens with zero attached hydrogens (tertiary/aromatic N) is 2. The number of aromatic nitrogens is 1. The average Bonchev–Trinajstić information content (AvgIpc) is 3.28. The molecule has 0 bridgehead atoms. The van der Waals surface area contributed by atoms with Crippen LogP contribution in [0.2, 0.25) is 0 Å². The number of esters is 1. The Bertz CT molecular complexity index is 638. The number of amides is 2. The maximum Gasteiger partial charge on any atom is 0.324 e. The van der Waals surface area contributed by atoms with Crippen molar-refractivity contribution >= 4 is 40.2 Å². The van der Waals surface area contributed by atoms with Crippen molar-refractivity contribution in [1.82, 2.24) is 9.88 Å². The lowest BCUT2D eigenvalue weighted by atomic mass is 10.0. The highest BCUT2D eigenvalue weighted by Gasteiger charge is 2.33. The van der Waals surface area contributed by atoms with Crippen LogP contribution in [-0.4, -0.2) is 46.3 Å². The maximum absolute atomic E-state index is 13.2. The predicted molar refractivity (Wildman–Crippen MR) is 114 cm³/mol. The van der Waals surface area contributed by atoms with Gasteiger partial charge in [-0.2, -0.15) is 0 Å². The largest absolute Gasteiger partial charge is 0.465 e. The number of thiazole rings is 1. The molecule has 2 aliphatic carbocycles. The molecule has 1 aromatic rings. The number of hydrogen-bond acceptors (Lipinski definition) is 6. The molecule has 8 heteroatoms. The molecule has 1 aromatic heterocycles.